The SMILES string of the molecule is COc1ccc(C(=O)CCC(C)N)c(F)c1. The first kappa shape index (κ1) is 12.6. The van der Waals surface area contributed by atoms with Crippen LogP contribution in [0.5, 0.6) is 5.75 Å². The minimum absolute atomic E-state index is 0.0507. The molecule has 3 nitrogen and oxygen atoms in total. The first-order valence-corrected chi connectivity index (χ1v) is 5.17. The zero-order chi connectivity index (χ0) is 12.1. The highest BCUT2D eigenvalue weighted by molar-refractivity contribution is 5.96. The molecule has 0 radical (unpaired) electrons. The van der Waals surface area contributed by atoms with Crippen LogP contribution in [0.3, 0.4) is 0 Å². The Morgan fingerprint density at radius 3 is 2.75 bits per heavy atom. The normalized spacial score (nSPS) is 12.2. The number of halogens is 1. The number of methoxy groups -OCH3 is 1. The monoisotopic (exact) mass is 225 g/mol. The molecule has 0 aliphatic rings. The van der Waals surface area contributed by atoms with Gasteiger partial charge in [0.2, 0.25) is 0 Å². The Labute approximate surface area is 94.4 Å². The fourth-order valence-corrected chi connectivity index (χ4v) is 1.34. The van der Waals surface area contributed by atoms with E-state index in [4.69, 9.17) is 10.5 Å². The summed E-state index contributed by atoms with van der Waals surface area (Å²) in [5, 5.41) is 0. The summed E-state index contributed by atoms with van der Waals surface area (Å²) >= 11 is 0. The highest BCUT2D eigenvalue weighted by Crippen LogP contribution is 2.18. The quantitative estimate of drug-likeness (QED) is 0.781. The van der Waals surface area contributed by atoms with Crippen molar-refractivity contribution in [3.05, 3.63) is 29.6 Å². The summed E-state index contributed by atoms with van der Waals surface area (Å²) in [6.45, 7) is 1.82. The second-order valence-corrected chi connectivity index (χ2v) is 3.78. The van der Waals surface area contributed by atoms with Gasteiger partial charge in [-0.1, -0.05) is 0 Å². The first-order chi connectivity index (χ1) is 7.54. The van der Waals surface area contributed by atoms with Gasteiger partial charge in [0.1, 0.15) is 11.6 Å². The lowest BCUT2D eigenvalue weighted by atomic mass is 10.0. The number of nitrogens with two attached hydrogens (primary N) is 1. The van der Waals surface area contributed by atoms with Crippen LogP contribution in [0.25, 0.3) is 0 Å². The fourth-order valence-electron chi connectivity index (χ4n) is 1.34. The van der Waals surface area contributed by atoms with Gasteiger partial charge in [-0.25, -0.2) is 4.39 Å². The van der Waals surface area contributed by atoms with E-state index in [0.29, 0.717) is 12.2 Å². The van der Waals surface area contributed by atoms with Crippen molar-refractivity contribution in [3.8, 4) is 5.75 Å². The zero-order valence-corrected chi connectivity index (χ0v) is 9.50. The molecule has 1 unspecified atom stereocenters. The maximum Gasteiger partial charge on any atom is 0.165 e. The van der Waals surface area contributed by atoms with Gasteiger partial charge in [0, 0.05) is 18.5 Å². The number of ketones is 1. The lowest BCUT2D eigenvalue weighted by Crippen LogP contribution is -2.16. The molecule has 0 bridgehead atoms. The van der Waals surface area contributed by atoms with E-state index in [1.807, 2.05) is 6.92 Å². The third-order valence-corrected chi connectivity index (χ3v) is 2.30. The van der Waals surface area contributed by atoms with E-state index in [-0.39, 0.29) is 23.8 Å². The van der Waals surface area contributed by atoms with Crippen molar-refractivity contribution in [2.75, 3.05) is 7.11 Å². The average Bonchev–Trinajstić information content (AvgIpc) is 2.25. The summed E-state index contributed by atoms with van der Waals surface area (Å²) in [7, 11) is 1.45. The van der Waals surface area contributed by atoms with Crippen LogP contribution in [-0.4, -0.2) is 18.9 Å². The molecule has 88 valence electrons. The molecule has 4 heteroatoms. The maximum atomic E-state index is 13.5. The number of Topliss-reactive ketones (excluding diaryl/α,β-unsaturated/α-hetero) is 1. The van der Waals surface area contributed by atoms with E-state index < -0.39 is 5.82 Å². The molecule has 0 saturated heterocycles. The average molecular weight is 225 g/mol. The molecular weight excluding hydrogens is 209 g/mol. The predicted octanol–water partition coefficient (Wildman–Crippen LogP) is 2.14. The van der Waals surface area contributed by atoms with Gasteiger partial charge in [-0.2, -0.15) is 0 Å². The molecule has 1 aromatic rings. The number of ether oxygens (including phenoxy) is 1. The van der Waals surface area contributed by atoms with Gasteiger partial charge < -0.3 is 10.5 Å². The highest BCUT2D eigenvalue weighted by atomic mass is 19.1. The largest absolute Gasteiger partial charge is 0.497 e. The Balaban J connectivity index is 2.76. The molecule has 0 saturated carbocycles. The minimum atomic E-state index is -0.547. The Bertz CT molecular complexity index is 377. The van der Waals surface area contributed by atoms with Crippen LogP contribution in [0.2, 0.25) is 0 Å². The van der Waals surface area contributed by atoms with Gasteiger partial charge in [0.05, 0.1) is 12.7 Å². The zero-order valence-electron chi connectivity index (χ0n) is 9.50. The molecule has 2 N–H and O–H groups in total. The van der Waals surface area contributed by atoms with Crippen LogP contribution in [-0.2, 0) is 0 Å². The molecule has 1 rings (SSSR count). The van der Waals surface area contributed by atoms with E-state index in [2.05, 4.69) is 0 Å². The smallest absolute Gasteiger partial charge is 0.165 e. The Kier molecular flexibility index (Phi) is 4.43. The van der Waals surface area contributed by atoms with Gasteiger partial charge in [-0.3, -0.25) is 4.79 Å². The summed E-state index contributed by atoms with van der Waals surface area (Å²) in [5.74, 6) is -0.368. The molecular formula is C12H16FNO2. The van der Waals surface area contributed by atoms with Gasteiger partial charge >= 0.3 is 0 Å². The Morgan fingerprint density at radius 2 is 2.25 bits per heavy atom. The van der Waals surface area contributed by atoms with Crippen LogP contribution in [0, 0.1) is 5.82 Å². The standard InChI is InChI=1S/C12H16FNO2/c1-8(14)3-6-12(15)10-5-4-9(16-2)7-11(10)13/h4-5,7-8H,3,6,14H2,1-2H3. The number of carbonyl (C=O) groups excluding carboxylic acids is 1. The van der Waals surface area contributed by atoms with Crippen LogP contribution in [0.4, 0.5) is 4.39 Å². The molecule has 0 aliphatic carbocycles. The molecule has 1 atom stereocenters. The molecule has 0 aromatic heterocycles. The molecule has 0 aliphatic heterocycles. The van der Waals surface area contributed by atoms with Gasteiger partial charge in [0.15, 0.2) is 5.78 Å². The molecule has 0 amide bonds. The third kappa shape index (κ3) is 3.31. The van der Waals surface area contributed by atoms with E-state index in [1.54, 1.807) is 6.07 Å². The van der Waals surface area contributed by atoms with Crippen LogP contribution in [0.1, 0.15) is 30.1 Å². The topological polar surface area (TPSA) is 52.3 Å². The summed E-state index contributed by atoms with van der Waals surface area (Å²) in [6, 6.07) is 4.17. The van der Waals surface area contributed by atoms with E-state index in [9.17, 15) is 9.18 Å². The fraction of sp³-hybridized carbons (Fsp3) is 0.417. The number of rotatable bonds is 5. The predicted molar refractivity (Wildman–Crippen MR) is 60.2 cm³/mol. The van der Waals surface area contributed by atoms with Gasteiger partial charge in [0.25, 0.3) is 0 Å². The van der Waals surface area contributed by atoms with Crippen LogP contribution < -0.4 is 10.5 Å². The van der Waals surface area contributed by atoms with Crippen molar-refractivity contribution in [2.24, 2.45) is 5.73 Å². The number of carbonyl (C=O) groups is 1. The van der Waals surface area contributed by atoms with Crippen molar-refractivity contribution in [3.63, 3.8) is 0 Å². The molecule has 16 heavy (non-hydrogen) atoms. The Hall–Kier alpha value is -1.42. The van der Waals surface area contributed by atoms with Crippen molar-refractivity contribution in [2.45, 2.75) is 25.8 Å². The maximum absolute atomic E-state index is 13.5. The number of hydrogen-bond acceptors (Lipinski definition) is 3. The second kappa shape index (κ2) is 5.61. The van der Waals surface area contributed by atoms with Crippen molar-refractivity contribution in [1.29, 1.82) is 0 Å². The van der Waals surface area contributed by atoms with Gasteiger partial charge in [-0.05, 0) is 25.5 Å². The van der Waals surface area contributed by atoms with Crippen LogP contribution >= 0.6 is 0 Å². The minimum Gasteiger partial charge on any atom is -0.497 e. The van der Waals surface area contributed by atoms with Crippen molar-refractivity contribution < 1.29 is 13.9 Å². The second-order valence-electron chi connectivity index (χ2n) is 3.78. The molecule has 0 fully saturated rings. The van der Waals surface area contributed by atoms with E-state index in [1.165, 1.54) is 19.2 Å². The number of benzene rings is 1. The van der Waals surface area contributed by atoms with E-state index in [0.717, 1.165) is 0 Å². The summed E-state index contributed by atoms with van der Waals surface area (Å²) in [6.07, 6.45) is 0.825. The summed E-state index contributed by atoms with van der Waals surface area (Å²) in [4.78, 5) is 11.6. The molecule has 0 spiro atoms. The third-order valence-electron chi connectivity index (χ3n) is 2.30. The molecule has 0 heterocycles. The van der Waals surface area contributed by atoms with E-state index >= 15 is 0 Å². The first-order valence-electron chi connectivity index (χ1n) is 5.17. The van der Waals surface area contributed by atoms with Crippen LogP contribution in [0.15, 0.2) is 18.2 Å². The number of hydrogen-bond donors (Lipinski definition) is 1. The Morgan fingerprint density at radius 1 is 1.56 bits per heavy atom. The van der Waals surface area contributed by atoms with Crippen molar-refractivity contribution >= 4 is 5.78 Å². The summed E-state index contributed by atoms with van der Waals surface area (Å²) < 4.78 is 18.3. The van der Waals surface area contributed by atoms with Crippen molar-refractivity contribution in [1.82, 2.24) is 0 Å². The molecule has 1 aromatic carbocycles. The lowest BCUT2D eigenvalue weighted by molar-refractivity contribution is 0.0974. The lowest BCUT2D eigenvalue weighted by Gasteiger charge is -2.06. The summed E-state index contributed by atoms with van der Waals surface area (Å²) in [5.41, 5.74) is 5.64. The highest BCUT2D eigenvalue weighted by Gasteiger charge is 2.12. The van der Waals surface area contributed by atoms with Gasteiger partial charge in [-0.15, -0.1) is 0 Å².